The van der Waals surface area contributed by atoms with Gasteiger partial charge in [-0.25, -0.2) is 4.79 Å². The molecule has 0 aromatic rings. The molecular formula is C11H14O5. The van der Waals surface area contributed by atoms with Crippen LogP contribution in [0, 0.1) is 0 Å². The summed E-state index contributed by atoms with van der Waals surface area (Å²) in [6.07, 6.45) is 1.22. The average Bonchev–Trinajstić information content (AvgIpc) is 2.92. The molecule has 0 saturated carbocycles. The number of methoxy groups -OCH3 is 1. The molecule has 0 amide bonds. The van der Waals surface area contributed by atoms with Gasteiger partial charge >= 0.3 is 5.97 Å². The zero-order chi connectivity index (χ0) is 11.5. The number of rotatable bonds is 1. The maximum atomic E-state index is 11.6. The Morgan fingerprint density at radius 2 is 2.12 bits per heavy atom. The van der Waals surface area contributed by atoms with E-state index in [9.17, 15) is 4.79 Å². The van der Waals surface area contributed by atoms with Crippen molar-refractivity contribution in [1.29, 1.82) is 0 Å². The van der Waals surface area contributed by atoms with Crippen molar-refractivity contribution >= 4 is 5.97 Å². The topological polar surface area (TPSA) is 57.3 Å². The van der Waals surface area contributed by atoms with E-state index in [1.807, 2.05) is 13.8 Å². The van der Waals surface area contributed by atoms with Crippen LogP contribution in [0.5, 0.6) is 0 Å². The number of hydrogen-bond donors (Lipinski definition) is 0. The zero-order valence-corrected chi connectivity index (χ0v) is 9.43. The van der Waals surface area contributed by atoms with E-state index in [0.717, 1.165) is 0 Å². The molecular weight excluding hydrogens is 212 g/mol. The molecule has 5 nitrogen and oxygen atoms in total. The Morgan fingerprint density at radius 1 is 1.38 bits per heavy atom. The summed E-state index contributed by atoms with van der Waals surface area (Å²) in [5.74, 6) is -1.05. The van der Waals surface area contributed by atoms with Gasteiger partial charge in [0.05, 0.1) is 12.7 Å². The quantitative estimate of drug-likeness (QED) is 0.478. The summed E-state index contributed by atoms with van der Waals surface area (Å²) in [6, 6.07) is 0. The third-order valence-corrected chi connectivity index (χ3v) is 3.09. The summed E-state index contributed by atoms with van der Waals surface area (Å²) < 4.78 is 21.6. The van der Waals surface area contributed by atoms with Crippen LogP contribution in [0.4, 0.5) is 0 Å². The predicted octanol–water partition coefficient (Wildman–Crippen LogP) is 0.387. The molecule has 2 fully saturated rings. The van der Waals surface area contributed by atoms with Gasteiger partial charge in [0.2, 0.25) is 0 Å². The highest BCUT2D eigenvalue weighted by molar-refractivity contribution is 5.90. The summed E-state index contributed by atoms with van der Waals surface area (Å²) >= 11 is 0. The fourth-order valence-corrected chi connectivity index (χ4v) is 2.38. The van der Waals surface area contributed by atoms with E-state index < -0.39 is 5.79 Å². The van der Waals surface area contributed by atoms with Gasteiger partial charge in [-0.3, -0.25) is 0 Å². The molecule has 0 bridgehead atoms. The van der Waals surface area contributed by atoms with E-state index in [1.165, 1.54) is 7.11 Å². The summed E-state index contributed by atoms with van der Waals surface area (Å²) in [7, 11) is 1.36. The van der Waals surface area contributed by atoms with E-state index in [4.69, 9.17) is 18.9 Å². The fourth-order valence-electron chi connectivity index (χ4n) is 2.38. The minimum absolute atomic E-state index is 0.0205. The van der Waals surface area contributed by atoms with E-state index in [-0.39, 0.29) is 30.4 Å². The second-order valence-corrected chi connectivity index (χ2v) is 4.70. The predicted molar refractivity (Wildman–Crippen MR) is 52.6 cm³/mol. The molecule has 0 unspecified atom stereocenters. The lowest BCUT2D eigenvalue weighted by molar-refractivity contribution is -0.148. The molecule has 1 aliphatic carbocycles. The van der Waals surface area contributed by atoms with Crippen molar-refractivity contribution in [2.45, 2.75) is 44.1 Å². The molecule has 3 aliphatic rings. The monoisotopic (exact) mass is 226 g/mol. The third-order valence-electron chi connectivity index (χ3n) is 3.09. The van der Waals surface area contributed by atoms with Gasteiger partial charge < -0.3 is 18.9 Å². The first-order valence-electron chi connectivity index (χ1n) is 5.33. The van der Waals surface area contributed by atoms with Crippen molar-refractivity contribution in [2.75, 3.05) is 7.11 Å². The molecule has 0 aromatic heterocycles. The van der Waals surface area contributed by atoms with E-state index in [2.05, 4.69) is 0 Å². The Kier molecular flexibility index (Phi) is 1.96. The lowest BCUT2D eigenvalue weighted by atomic mass is 9.94. The van der Waals surface area contributed by atoms with Gasteiger partial charge in [-0.05, 0) is 19.9 Å². The van der Waals surface area contributed by atoms with Gasteiger partial charge in [0.1, 0.15) is 24.4 Å². The van der Waals surface area contributed by atoms with Crippen LogP contribution >= 0.6 is 0 Å². The Labute approximate surface area is 93.3 Å². The van der Waals surface area contributed by atoms with Crippen LogP contribution in [0.3, 0.4) is 0 Å². The van der Waals surface area contributed by atoms with Crippen molar-refractivity contribution in [1.82, 2.24) is 0 Å². The fraction of sp³-hybridized carbons (Fsp3) is 0.727. The number of esters is 1. The zero-order valence-electron chi connectivity index (χ0n) is 9.43. The number of carbonyl (C=O) groups is 1. The first kappa shape index (κ1) is 10.3. The van der Waals surface area contributed by atoms with Gasteiger partial charge in [0.15, 0.2) is 5.79 Å². The summed E-state index contributed by atoms with van der Waals surface area (Å²) in [5, 5.41) is 0. The van der Waals surface area contributed by atoms with Crippen molar-refractivity contribution in [3.63, 3.8) is 0 Å². The first-order valence-corrected chi connectivity index (χ1v) is 5.33. The smallest absolute Gasteiger partial charge is 0.336 e. The van der Waals surface area contributed by atoms with Crippen LogP contribution in [0.15, 0.2) is 11.6 Å². The molecule has 5 heteroatoms. The lowest BCUT2D eigenvalue weighted by Gasteiger charge is -2.19. The number of fused-ring (bicyclic) bond motifs is 3. The first-order chi connectivity index (χ1) is 7.52. The summed E-state index contributed by atoms with van der Waals surface area (Å²) in [5.41, 5.74) is 0.511. The Balaban J connectivity index is 1.92. The van der Waals surface area contributed by atoms with Crippen molar-refractivity contribution < 1.29 is 23.7 Å². The Hall–Kier alpha value is -0.910. The normalized spacial score (nSPS) is 43.1. The molecule has 2 saturated heterocycles. The molecule has 16 heavy (non-hydrogen) atoms. The van der Waals surface area contributed by atoms with Crippen LogP contribution in [-0.4, -0.2) is 43.3 Å². The Bertz CT molecular complexity index is 373. The number of ether oxygens (including phenoxy) is 4. The van der Waals surface area contributed by atoms with Crippen LogP contribution in [0.25, 0.3) is 0 Å². The highest BCUT2D eigenvalue weighted by Crippen LogP contribution is 2.45. The van der Waals surface area contributed by atoms with Gasteiger partial charge in [0, 0.05) is 0 Å². The molecule has 2 heterocycles. The van der Waals surface area contributed by atoms with Gasteiger partial charge in [0.25, 0.3) is 0 Å². The molecule has 4 atom stereocenters. The van der Waals surface area contributed by atoms with E-state index in [1.54, 1.807) is 6.08 Å². The van der Waals surface area contributed by atoms with Crippen molar-refractivity contribution in [3.05, 3.63) is 11.6 Å². The largest absolute Gasteiger partial charge is 0.466 e. The molecule has 3 rings (SSSR count). The second kappa shape index (κ2) is 3.06. The maximum Gasteiger partial charge on any atom is 0.336 e. The lowest BCUT2D eigenvalue weighted by Crippen LogP contribution is -2.37. The van der Waals surface area contributed by atoms with E-state index in [0.29, 0.717) is 5.57 Å². The van der Waals surface area contributed by atoms with E-state index >= 15 is 0 Å². The molecule has 0 radical (unpaired) electrons. The average molecular weight is 226 g/mol. The molecule has 0 aromatic carbocycles. The minimum atomic E-state index is -0.677. The van der Waals surface area contributed by atoms with Gasteiger partial charge in [-0.15, -0.1) is 0 Å². The summed E-state index contributed by atoms with van der Waals surface area (Å²) in [6.45, 7) is 3.66. The minimum Gasteiger partial charge on any atom is -0.466 e. The highest BCUT2D eigenvalue weighted by Gasteiger charge is 2.59. The molecule has 88 valence electrons. The SMILES string of the molecule is COC(=O)C1=C[C@@H]2O[C@@H]2[C@@H]2OC(C)(C)O[C@H]12. The summed E-state index contributed by atoms with van der Waals surface area (Å²) in [4.78, 5) is 11.6. The van der Waals surface area contributed by atoms with Crippen molar-refractivity contribution in [2.24, 2.45) is 0 Å². The number of carbonyl (C=O) groups excluding carboxylic acids is 1. The molecule has 2 aliphatic heterocycles. The van der Waals surface area contributed by atoms with Gasteiger partial charge in [-0.1, -0.05) is 0 Å². The van der Waals surface area contributed by atoms with Crippen LogP contribution in [0.2, 0.25) is 0 Å². The van der Waals surface area contributed by atoms with Crippen LogP contribution in [-0.2, 0) is 23.7 Å². The number of epoxide rings is 1. The third kappa shape index (κ3) is 1.39. The molecule has 0 spiro atoms. The van der Waals surface area contributed by atoms with Crippen LogP contribution < -0.4 is 0 Å². The van der Waals surface area contributed by atoms with Crippen molar-refractivity contribution in [3.8, 4) is 0 Å². The highest BCUT2D eigenvalue weighted by atomic mass is 16.8. The number of hydrogen-bond acceptors (Lipinski definition) is 5. The maximum absolute atomic E-state index is 11.6. The van der Waals surface area contributed by atoms with Crippen LogP contribution in [0.1, 0.15) is 13.8 Å². The molecule has 0 N–H and O–H groups in total. The van der Waals surface area contributed by atoms with Gasteiger partial charge in [-0.2, -0.15) is 0 Å². The second-order valence-electron chi connectivity index (χ2n) is 4.70. The Morgan fingerprint density at radius 3 is 2.81 bits per heavy atom. The standard InChI is InChI=1S/C11H14O5/c1-11(2)15-7-5(10(12)13-3)4-6-8(14-6)9(7)16-11/h4,6-9H,1-3H3/t6-,7+,8-,9+/m0/s1.